The Kier molecular flexibility index (Phi) is 40.6. The topological polar surface area (TPSA) is 486 Å². The molecule has 0 saturated heterocycles. The Morgan fingerprint density at radius 1 is 0.443 bits per heavy atom. The second-order valence-corrected chi connectivity index (χ2v) is 34.8. The number of aromatic carboxylic acids is 1. The maximum atomic E-state index is 12.9. The van der Waals surface area contributed by atoms with E-state index in [2.05, 4.69) is 109 Å². The zero-order chi connectivity index (χ0) is 96.1. The summed E-state index contributed by atoms with van der Waals surface area (Å²) in [5.74, 6) is -1.88. The number of aliphatic hydroxyl groups excluding tert-OH is 1. The number of fused-ring (bicyclic) bond motifs is 1. The highest BCUT2D eigenvalue weighted by atomic mass is 32.2. The van der Waals surface area contributed by atoms with Gasteiger partial charge in [-0.15, -0.1) is 30.6 Å². The van der Waals surface area contributed by atoms with E-state index in [0.717, 1.165) is 57.9 Å². The van der Waals surface area contributed by atoms with Gasteiger partial charge in [-0.2, -0.15) is 10.2 Å². The second kappa shape index (κ2) is 51.2. The number of carbonyl (C=O) groups is 6. The number of hydrogen-bond acceptors (Lipinski definition) is 27. The third kappa shape index (κ3) is 34.1. The van der Waals surface area contributed by atoms with Crippen molar-refractivity contribution in [3.05, 3.63) is 228 Å². The molecule has 1 atom stereocenters. The molecule has 131 heavy (non-hydrogen) atoms. The fourth-order valence-corrected chi connectivity index (χ4v) is 12.8. The standard InChI is InChI=1S/C23H32N6O3S.C21H25N7O.C14H25N5O3.C14H19N5O.C12H15N3O.C6H9N3O2/c1-17(2)29-16-20(26-27-29)23(30)24-14-6-5-7-15-25-33(31,32)22-13-9-10-18-19(22)11-8-12-21(18)28(3)4;1-15(2)28-14-19(25-26-28)13-22-21(29)16-5-7-17(8-6-16)23-24-18-9-11-20(12-10-18)27(3)4;1-10(2)19-9-11(17-18-19)12(20)15-7-6-8-16-13(21)22-14(3,4)5;1-10(2)19-9-11(17-18-19)8-16-14(20)12-6-4-5-7-13(12)15-3;1-9(2)15-8-11(13-14-15)12(16)10-6-4-3-5-7-10;1-4(2)9-3-5(6(10)11)7-8-9/h8-13,16-17,25H,5-7,14-15H2,1-4H3,(H,24,30);5-12,14-15H,13H2,1-4H3,(H,22,29);9-10H,6-8H2,1-5H3,(H,15,20)(H,16,21);4-7,9-10,15H,8H2,1-3H3,(H,16,20);3-9,12,16H,1-2H3;3-4H,1-2H3,(H,10,11). The molecule has 6 heterocycles. The molecule has 702 valence electrons. The molecular weight excluding hydrogens is 1700 g/mol. The van der Waals surface area contributed by atoms with Gasteiger partial charge in [0.05, 0.1) is 72.1 Å². The van der Waals surface area contributed by atoms with Crippen LogP contribution in [0, 0.1) is 0 Å². The first kappa shape index (κ1) is 104. The molecule has 12 aromatic rings. The van der Waals surface area contributed by atoms with Crippen molar-refractivity contribution in [2.24, 2.45) is 10.2 Å². The maximum absolute atomic E-state index is 12.9. The first-order chi connectivity index (χ1) is 62.2. The van der Waals surface area contributed by atoms with E-state index in [9.17, 15) is 42.3 Å². The molecule has 0 spiro atoms. The number of aliphatic hydroxyl groups is 1. The molecule has 9 N–H and O–H groups in total. The zero-order valence-electron chi connectivity index (χ0n) is 78.2. The summed E-state index contributed by atoms with van der Waals surface area (Å²) < 4.78 is 43.7. The molecular formula is C90H125N29O11S. The van der Waals surface area contributed by atoms with Gasteiger partial charge in [-0.1, -0.05) is 104 Å². The summed E-state index contributed by atoms with van der Waals surface area (Å²) in [6.07, 6.45) is 11.7. The molecule has 0 fully saturated rings. The number of rotatable bonds is 34. The molecule has 40 nitrogen and oxygen atoms in total. The highest BCUT2D eigenvalue weighted by molar-refractivity contribution is 7.89. The summed E-state index contributed by atoms with van der Waals surface area (Å²) in [4.78, 5) is 74.4. The fraction of sp³-hybridized carbons (Fsp3) is 0.422. The molecule has 0 aliphatic carbocycles. The van der Waals surface area contributed by atoms with Gasteiger partial charge in [-0.3, -0.25) is 19.2 Å². The Morgan fingerprint density at radius 3 is 1.37 bits per heavy atom. The lowest BCUT2D eigenvalue weighted by Crippen LogP contribution is -2.34. The van der Waals surface area contributed by atoms with Gasteiger partial charge < -0.3 is 56.7 Å². The van der Waals surface area contributed by atoms with E-state index in [1.807, 2.05) is 231 Å². The zero-order valence-corrected chi connectivity index (χ0v) is 79.0. The molecule has 6 aromatic carbocycles. The molecule has 0 saturated carbocycles. The van der Waals surface area contributed by atoms with Crippen molar-refractivity contribution in [1.29, 1.82) is 0 Å². The summed E-state index contributed by atoms with van der Waals surface area (Å²) in [5.41, 5.74) is 8.43. The second-order valence-electron chi connectivity index (χ2n) is 33.0. The number of sulfonamides is 1. The Balaban J connectivity index is 0.000000221. The van der Waals surface area contributed by atoms with E-state index in [0.29, 0.717) is 85.7 Å². The quantitative estimate of drug-likeness (QED) is 0.0134. The van der Waals surface area contributed by atoms with Crippen molar-refractivity contribution in [1.82, 2.24) is 121 Å². The van der Waals surface area contributed by atoms with Gasteiger partial charge >= 0.3 is 12.1 Å². The normalized spacial score (nSPS) is 11.4. The van der Waals surface area contributed by atoms with E-state index >= 15 is 0 Å². The molecule has 1 unspecified atom stereocenters. The number of aromatic nitrogens is 18. The molecule has 0 aliphatic heterocycles. The van der Waals surface area contributed by atoms with Gasteiger partial charge in [-0.05, 0) is 201 Å². The van der Waals surface area contributed by atoms with Crippen LogP contribution >= 0.6 is 0 Å². The molecule has 0 bridgehead atoms. The Bertz CT molecular complexity index is 5710. The first-order valence-electron chi connectivity index (χ1n) is 43.0. The van der Waals surface area contributed by atoms with Crippen LogP contribution < -0.4 is 46.4 Å². The third-order valence-electron chi connectivity index (χ3n) is 18.9. The van der Waals surface area contributed by atoms with Gasteiger partial charge in [0.2, 0.25) is 10.0 Å². The minimum absolute atomic E-state index is 0.0151. The number of alkyl carbamates (subject to hydrolysis) is 1. The molecule has 6 aromatic heterocycles. The minimum atomic E-state index is -3.63. The van der Waals surface area contributed by atoms with Crippen LogP contribution in [0.3, 0.4) is 0 Å². The SMILES string of the molecule is CC(C)n1cc(C(=O)NCCCCCNS(=O)(=O)c2cccc3c(N(C)C)cccc23)nn1.CC(C)n1cc(C(=O)NCCCNC(=O)OC(C)(C)C)nn1.CC(C)n1cc(C(=O)O)nn1.CC(C)n1cc(C(O)c2ccccc2)nn1.CC(C)n1cc(CNC(=O)c2ccc(N=Nc3ccc(N(C)C)cc3)cc2)nn1.CNc1ccccc1C(=O)NCc1cn(C(C)C)nn1. The number of carboxylic acids is 1. The summed E-state index contributed by atoms with van der Waals surface area (Å²) >= 11 is 0. The van der Waals surface area contributed by atoms with Crippen LogP contribution in [0.25, 0.3) is 10.8 Å². The number of para-hydroxylation sites is 1. The Labute approximate surface area is 764 Å². The van der Waals surface area contributed by atoms with Crippen molar-refractivity contribution in [2.75, 3.05) is 76.5 Å². The van der Waals surface area contributed by atoms with Gasteiger partial charge in [0, 0.05) is 131 Å². The van der Waals surface area contributed by atoms with Crippen LogP contribution in [0.2, 0.25) is 0 Å². The van der Waals surface area contributed by atoms with Gasteiger partial charge in [0.1, 0.15) is 28.8 Å². The Morgan fingerprint density at radius 2 is 0.885 bits per heavy atom. The van der Waals surface area contributed by atoms with E-state index in [4.69, 9.17) is 9.84 Å². The Hall–Kier alpha value is -14.1. The van der Waals surface area contributed by atoms with Crippen molar-refractivity contribution >= 4 is 84.9 Å². The largest absolute Gasteiger partial charge is 0.476 e. The lowest BCUT2D eigenvalue weighted by Gasteiger charge is -2.19. The van der Waals surface area contributed by atoms with Crippen molar-refractivity contribution in [3.63, 3.8) is 0 Å². The number of nitrogens with zero attached hydrogens (tertiary/aromatic N) is 22. The summed E-state index contributed by atoms with van der Waals surface area (Å²) in [6.45, 7) is 31.6. The van der Waals surface area contributed by atoms with Gasteiger partial charge in [0.15, 0.2) is 17.1 Å². The molecule has 41 heteroatoms. The lowest BCUT2D eigenvalue weighted by molar-refractivity contribution is 0.0526. The highest BCUT2D eigenvalue weighted by Crippen LogP contribution is 2.31. The number of benzene rings is 6. The van der Waals surface area contributed by atoms with Crippen LogP contribution in [0.5, 0.6) is 0 Å². The van der Waals surface area contributed by atoms with Crippen molar-refractivity contribution in [2.45, 2.75) is 195 Å². The van der Waals surface area contributed by atoms with Gasteiger partial charge in [-0.25, -0.2) is 50.8 Å². The summed E-state index contributed by atoms with van der Waals surface area (Å²) in [5, 5.41) is 92.1. The van der Waals surface area contributed by atoms with Crippen molar-refractivity contribution < 1.29 is 52.1 Å². The number of hydrogen-bond donors (Lipinski definition) is 9. The van der Waals surface area contributed by atoms with Crippen LogP contribution in [-0.2, 0) is 27.8 Å². The van der Waals surface area contributed by atoms with Gasteiger partial charge in [0.25, 0.3) is 23.6 Å². The number of unbranched alkanes of at least 4 members (excludes halogenated alkanes) is 2. The number of azo groups is 1. The van der Waals surface area contributed by atoms with Crippen molar-refractivity contribution in [3.8, 4) is 0 Å². The first-order valence-corrected chi connectivity index (χ1v) is 44.5. The smallest absolute Gasteiger partial charge is 0.407 e. The van der Waals surface area contributed by atoms with E-state index < -0.39 is 33.8 Å². The van der Waals surface area contributed by atoms with Crippen LogP contribution in [0.1, 0.15) is 247 Å². The average Bonchev–Trinajstić information content (AvgIpc) is 1.73. The molecule has 0 radical (unpaired) electrons. The van der Waals surface area contributed by atoms with Crippen LogP contribution in [0.4, 0.5) is 33.2 Å². The highest BCUT2D eigenvalue weighted by Gasteiger charge is 2.22. The van der Waals surface area contributed by atoms with Crippen LogP contribution in [-0.4, -0.2) is 211 Å². The lowest BCUT2D eigenvalue weighted by atomic mass is 10.1. The molecule has 5 amide bonds. The number of amides is 5. The van der Waals surface area contributed by atoms with E-state index in [-0.39, 0.29) is 76.2 Å². The van der Waals surface area contributed by atoms with E-state index in [1.54, 1.807) is 112 Å². The minimum Gasteiger partial charge on any atom is -0.476 e. The monoisotopic (exact) mass is 1820 g/mol. The van der Waals surface area contributed by atoms with E-state index in [1.165, 1.54) is 10.9 Å². The predicted octanol–water partition coefficient (Wildman–Crippen LogP) is 13.1. The van der Waals surface area contributed by atoms with Crippen LogP contribution in [0.15, 0.2) is 192 Å². The summed E-state index contributed by atoms with van der Waals surface area (Å²) in [7, 11) is 6.01. The molecule has 12 rings (SSSR count). The predicted molar refractivity (Wildman–Crippen MR) is 500 cm³/mol. The molecule has 0 aliphatic rings. The number of carboxylic acid groups (broad SMARTS) is 1. The number of carbonyl (C=O) groups excluding carboxylic acids is 5. The number of ether oxygens (including phenoxy) is 1. The number of nitrogens with one attached hydrogen (secondary N) is 7. The summed E-state index contributed by atoms with van der Waals surface area (Å²) in [6, 6.07) is 43.8. The third-order valence-corrected chi connectivity index (χ3v) is 20.4. The maximum Gasteiger partial charge on any atom is 0.407 e. The number of anilines is 3. The fourth-order valence-electron chi connectivity index (χ4n) is 11.5. The average molecular weight is 1820 g/mol.